The van der Waals surface area contributed by atoms with E-state index in [1.54, 1.807) is 11.3 Å². The van der Waals surface area contributed by atoms with Gasteiger partial charge in [0, 0.05) is 34.3 Å². The van der Waals surface area contributed by atoms with E-state index in [-0.39, 0.29) is 0 Å². The Morgan fingerprint density at radius 3 is 2.76 bits per heavy atom. The number of aromatic nitrogens is 1. The lowest BCUT2D eigenvalue weighted by Gasteiger charge is -2.15. The first kappa shape index (κ1) is 16.6. The Kier molecular flexibility index (Phi) is 6.36. The molecular formula is C16H25N3S2. The summed E-state index contributed by atoms with van der Waals surface area (Å²) in [5, 5.41) is 3.48. The summed E-state index contributed by atoms with van der Waals surface area (Å²) in [5.41, 5.74) is 4.56. The van der Waals surface area contributed by atoms with Gasteiger partial charge < -0.3 is 5.32 Å². The molecule has 0 spiro atoms. The Bertz CT molecular complexity index is 560. The van der Waals surface area contributed by atoms with Crippen LogP contribution in [0, 0.1) is 13.8 Å². The largest absolute Gasteiger partial charge is 0.312 e. The van der Waals surface area contributed by atoms with Gasteiger partial charge in [-0.05, 0) is 45.5 Å². The van der Waals surface area contributed by atoms with Crippen molar-refractivity contribution in [2.24, 2.45) is 0 Å². The van der Waals surface area contributed by atoms with Crippen molar-refractivity contribution in [1.82, 2.24) is 15.2 Å². The Morgan fingerprint density at radius 2 is 2.10 bits per heavy atom. The van der Waals surface area contributed by atoms with Crippen LogP contribution in [0.3, 0.4) is 0 Å². The van der Waals surface area contributed by atoms with E-state index in [0.717, 1.165) is 26.2 Å². The highest BCUT2D eigenvalue weighted by atomic mass is 32.1. The summed E-state index contributed by atoms with van der Waals surface area (Å²) in [6.07, 6.45) is 1.19. The van der Waals surface area contributed by atoms with Crippen LogP contribution in [0.25, 0.3) is 0 Å². The monoisotopic (exact) mass is 323 g/mol. The molecule has 0 aliphatic heterocycles. The third kappa shape index (κ3) is 4.88. The molecule has 1 N–H and O–H groups in total. The molecule has 3 nitrogen and oxygen atoms in total. The van der Waals surface area contributed by atoms with Crippen molar-refractivity contribution in [3.8, 4) is 0 Å². The zero-order valence-corrected chi connectivity index (χ0v) is 15.0. The summed E-state index contributed by atoms with van der Waals surface area (Å²) in [7, 11) is 2.19. The van der Waals surface area contributed by atoms with Crippen molar-refractivity contribution in [3.63, 3.8) is 0 Å². The van der Waals surface area contributed by atoms with Gasteiger partial charge >= 0.3 is 0 Å². The summed E-state index contributed by atoms with van der Waals surface area (Å²) in [6, 6.07) is 2.36. The van der Waals surface area contributed by atoms with Crippen molar-refractivity contribution in [2.75, 3.05) is 13.6 Å². The summed E-state index contributed by atoms with van der Waals surface area (Å²) < 4.78 is 0. The lowest BCUT2D eigenvalue weighted by Crippen LogP contribution is -2.17. The zero-order valence-electron chi connectivity index (χ0n) is 13.4. The van der Waals surface area contributed by atoms with Gasteiger partial charge in [-0.25, -0.2) is 4.98 Å². The first-order valence-electron chi connectivity index (χ1n) is 7.46. The molecule has 0 saturated heterocycles. The van der Waals surface area contributed by atoms with Crippen molar-refractivity contribution in [1.29, 1.82) is 0 Å². The van der Waals surface area contributed by atoms with Crippen LogP contribution in [0.5, 0.6) is 0 Å². The minimum Gasteiger partial charge on any atom is -0.312 e. The lowest BCUT2D eigenvalue weighted by atomic mass is 10.2. The van der Waals surface area contributed by atoms with E-state index in [9.17, 15) is 0 Å². The Morgan fingerprint density at radius 1 is 1.29 bits per heavy atom. The maximum absolute atomic E-state index is 4.33. The van der Waals surface area contributed by atoms with Crippen molar-refractivity contribution in [3.05, 3.63) is 37.5 Å². The lowest BCUT2D eigenvalue weighted by molar-refractivity contribution is 0.321. The summed E-state index contributed by atoms with van der Waals surface area (Å²) in [6.45, 7) is 10.6. The predicted molar refractivity (Wildman–Crippen MR) is 93.1 cm³/mol. The molecule has 2 heterocycles. The van der Waals surface area contributed by atoms with Gasteiger partial charge in [-0.1, -0.05) is 6.92 Å². The van der Waals surface area contributed by atoms with E-state index in [1.807, 2.05) is 16.8 Å². The molecule has 5 heteroatoms. The minimum absolute atomic E-state index is 0.981. The van der Waals surface area contributed by atoms with E-state index >= 15 is 0 Å². The first-order valence-corrected chi connectivity index (χ1v) is 9.16. The molecule has 0 bridgehead atoms. The Labute approximate surface area is 136 Å². The van der Waals surface area contributed by atoms with E-state index < -0.39 is 0 Å². The number of hydrogen-bond donors (Lipinski definition) is 1. The second kappa shape index (κ2) is 8.03. The number of hydrogen-bond acceptors (Lipinski definition) is 5. The third-order valence-electron chi connectivity index (χ3n) is 3.50. The van der Waals surface area contributed by atoms with Gasteiger partial charge in [0.15, 0.2) is 0 Å². The van der Waals surface area contributed by atoms with Crippen molar-refractivity contribution < 1.29 is 0 Å². The molecule has 116 valence electrons. The number of nitrogens with one attached hydrogen (secondary N) is 1. The normalized spacial score (nSPS) is 11.5. The Balaban J connectivity index is 1.91. The van der Waals surface area contributed by atoms with E-state index in [2.05, 4.69) is 49.1 Å². The maximum Gasteiger partial charge on any atom is 0.0798 e. The first-order chi connectivity index (χ1) is 10.1. The van der Waals surface area contributed by atoms with Crippen LogP contribution >= 0.6 is 22.7 Å². The number of rotatable bonds is 8. The van der Waals surface area contributed by atoms with Crippen LogP contribution in [-0.2, 0) is 19.6 Å². The number of thiophene rings is 1. The molecule has 0 aliphatic rings. The topological polar surface area (TPSA) is 28.2 Å². The molecular weight excluding hydrogens is 298 g/mol. The molecule has 0 radical (unpaired) electrons. The second-order valence-electron chi connectivity index (χ2n) is 5.50. The van der Waals surface area contributed by atoms with E-state index in [4.69, 9.17) is 0 Å². The van der Waals surface area contributed by atoms with Crippen molar-refractivity contribution in [2.45, 2.75) is 46.8 Å². The van der Waals surface area contributed by atoms with Crippen LogP contribution in [0.15, 0.2) is 11.6 Å². The maximum atomic E-state index is 4.33. The highest BCUT2D eigenvalue weighted by Crippen LogP contribution is 2.24. The molecule has 2 aromatic rings. The molecule has 2 rings (SSSR count). The fourth-order valence-corrected chi connectivity index (χ4v) is 4.17. The molecule has 0 aromatic carbocycles. The van der Waals surface area contributed by atoms with Gasteiger partial charge in [-0.2, -0.15) is 0 Å². The quantitative estimate of drug-likeness (QED) is 0.746. The van der Waals surface area contributed by atoms with Crippen molar-refractivity contribution >= 4 is 22.7 Å². The summed E-state index contributed by atoms with van der Waals surface area (Å²) >= 11 is 3.67. The average molecular weight is 324 g/mol. The molecule has 0 saturated carbocycles. The van der Waals surface area contributed by atoms with Crippen LogP contribution in [0.1, 0.15) is 39.2 Å². The van der Waals surface area contributed by atoms with Gasteiger partial charge in [0.05, 0.1) is 11.2 Å². The van der Waals surface area contributed by atoms with Gasteiger partial charge in [-0.15, -0.1) is 22.7 Å². The summed E-state index contributed by atoms with van der Waals surface area (Å²) in [4.78, 5) is 11.0. The standard InChI is InChI=1S/C16H25N3S2/c1-5-6-17-8-15-7-14(13(3)21-15)9-19(4)10-16-12(2)18-11-20-16/h7,11,17H,5-6,8-10H2,1-4H3. The molecule has 0 aliphatic carbocycles. The summed E-state index contributed by atoms with van der Waals surface area (Å²) in [5.74, 6) is 0. The highest BCUT2D eigenvalue weighted by Gasteiger charge is 2.10. The molecule has 0 unspecified atom stereocenters. The van der Waals surface area contributed by atoms with Gasteiger partial charge in [0.1, 0.15) is 0 Å². The third-order valence-corrected chi connectivity index (χ3v) is 5.51. The zero-order chi connectivity index (χ0) is 15.2. The molecule has 0 atom stereocenters. The van der Waals surface area contributed by atoms with Gasteiger partial charge in [-0.3, -0.25) is 4.90 Å². The SMILES string of the molecule is CCCNCc1cc(CN(C)Cc2scnc2C)c(C)s1. The second-order valence-corrected chi connectivity index (χ2v) is 7.78. The van der Waals surface area contributed by atoms with Gasteiger partial charge in [0.25, 0.3) is 0 Å². The molecule has 0 amide bonds. The van der Waals surface area contributed by atoms with Crippen LogP contribution in [0.4, 0.5) is 0 Å². The number of nitrogens with zero attached hydrogens (tertiary/aromatic N) is 2. The molecule has 2 aromatic heterocycles. The minimum atomic E-state index is 0.981. The number of thiazole rings is 1. The number of aryl methyl sites for hydroxylation is 2. The fourth-order valence-electron chi connectivity index (χ4n) is 2.29. The van der Waals surface area contributed by atoms with Crippen LogP contribution < -0.4 is 5.32 Å². The molecule has 21 heavy (non-hydrogen) atoms. The van der Waals surface area contributed by atoms with Crippen LogP contribution in [0.2, 0.25) is 0 Å². The average Bonchev–Trinajstić information content (AvgIpc) is 2.98. The Hall–Kier alpha value is -0.750. The van der Waals surface area contributed by atoms with E-state index in [0.29, 0.717) is 0 Å². The fraction of sp³-hybridized carbons (Fsp3) is 0.562. The highest BCUT2D eigenvalue weighted by molar-refractivity contribution is 7.12. The van der Waals surface area contributed by atoms with Gasteiger partial charge in [0.2, 0.25) is 0 Å². The van der Waals surface area contributed by atoms with E-state index in [1.165, 1.54) is 32.3 Å². The predicted octanol–water partition coefficient (Wildman–Crippen LogP) is 3.95. The smallest absolute Gasteiger partial charge is 0.0798 e. The molecule has 0 fully saturated rings. The van der Waals surface area contributed by atoms with Crippen LogP contribution in [-0.4, -0.2) is 23.5 Å².